The number of pyridine rings is 1. The molecule has 1 saturated carbocycles. The highest BCUT2D eigenvalue weighted by Crippen LogP contribution is 2.57. The number of alkyl halides is 3. The van der Waals surface area contributed by atoms with Crippen molar-refractivity contribution in [3.63, 3.8) is 0 Å². The van der Waals surface area contributed by atoms with E-state index in [-0.39, 0.29) is 22.5 Å². The highest BCUT2D eigenvalue weighted by molar-refractivity contribution is 14.1. The molecular weight excluding hydrogens is 606 g/mol. The lowest BCUT2D eigenvalue weighted by molar-refractivity contribution is -0.137. The van der Waals surface area contributed by atoms with Crippen LogP contribution in [-0.2, 0) is 17.0 Å². The summed E-state index contributed by atoms with van der Waals surface area (Å²) in [5, 5.41) is 11.6. The van der Waals surface area contributed by atoms with Crippen LogP contribution in [0.3, 0.4) is 0 Å². The van der Waals surface area contributed by atoms with Crippen molar-refractivity contribution < 1.29 is 22.7 Å². The summed E-state index contributed by atoms with van der Waals surface area (Å²) in [6.45, 7) is 15.4. The molecule has 1 unspecified atom stereocenters. The third-order valence-corrected chi connectivity index (χ3v) is 14.5. The van der Waals surface area contributed by atoms with Crippen molar-refractivity contribution in [1.82, 2.24) is 4.98 Å². The van der Waals surface area contributed by atoms with Crippen molar-refractivity contribution in [3.05, 3.63) is 61.5 Å². The number of aliphatic hydroxyl groups is 1. The zero-order valence-corrected chi connectivity index (χ0v) is 26.0. The van der Waals surface area contributed by atoms with Gasteiger partial charge in [0.1, 0.15) is 6.10 Å². The third-order valence-electron chi connectivity index (χ3n) is 8.83. The van der Waals surface area contributed by atoms with Gasteiger partial charge in [-0.1, -0.05) is 53.2 Å². The molecule has 0 aliphatic heterocycles. The van der Waals surface area contributed by atoms with Gasteiger partial charge in [-0.2, -0.15) is 13.2 Å². The molecule has 1 heterocycles. The maximum Gasteiger partial charge on any atom is 0.416 e. The van der Waals surface area contributed by atoms with Crippen LogP contribution in [0.2, 0.25) is 18.1 Å². The number of aliphatic hydroxyl groups excluding tert-OH is 1. The molecule has 1 aromatic heterocycles. The van der Waals surface area contributed by atoms with Gasteiger partial charge in [0, 0.05) is 20.4 Å². The normalized spacial score (nSPS) is 20.6. The quantitative estimate of drug-likeness (QED) is 0.261. The molecule has 1 N–H and O–H groups in total. The van der Waals surface area contributed by atoms with Crippen LogP contribution in [0.5, 0.6) is 0 Å². The molecule has 2 aromatic rings. The van der Waals surface area contributed by atoms with E-state index in [4.69, 9.17) is 9.41 Å². The molecule has 37 heavy (non-hydrogen) atoms. The maximum absolute atomic E-state index is 13.1. The average molecular weight is 646 g/mol. The Morgan fingerprint density at radius 2 is 1.70 bits per heavy atom. The fourth-order valence-electron chi connectivity index (χ4n) is 5.45. The van der Waals surface area contributed by atoms with Gasteiger partial charge in [-0.05, 0) is 95.4 Å². The average Bonchev–Trinajstić information content (AvgIpc) is 2.75. The number of rotatable bonds is 5. The molecule has 3 nitrogen and oxygen atoms in total. The van der Waals surface area contributed by atoms with E-state index in [0.717, 1.165) is 45.5 Å². The molecule has 2 atom stereocenters. The lowest BCUT2D eigenvalue weighted by Crippen LogP contribution is -2.46. The number of hydrogen-bond donors (Lipinski definition) is 1. The maximum atomic E-state index is 13.1. The number of nitrogens with zero attached hydrogens (tertiary/aromatic N) is 1. The number of fused-ring (bicyclic) bond motifs is 1. The van der Waals surface area contributed by atoms with E-state index in [1.807, 2.05) is 0 Å². The molecule has 2 aliphatic rings. The van der Waals surface area contributed by atoms with Crippen molar-refractivity contribution >= 4 is 30.9 Å². The van der Waals surface area contributed by atoms with Crippen LogP contribution in [0.4, 0.5) is 13.2 Å². The minimum absolute atomic E-state index is 0.0523. The number of benzene rings is 1. The fraction of sp³-hybridized carbons (Fsp3) is 0.621. The molecule has 1 aromatic carbocycles. The van der Waals surface area contributed by atoms with E-state index in [0.29, 0.717) is 11.1 Å². The first-order valence-electron chi connectivity index (χ1n) is 13.2. The molecule has 0 amide bonds. The number of aromatic nitrogens is 1. The van der Waals surface area contributed by atoms with E-state index in [1.54, 1.807) is 0 Å². The second kappa shape index (κ2) is 9.89. The predicted octanol–water partition coefficient (Wildman–Crippen LogP) is 9.09. The monoisotopic (exact) mass is 645 g/mol. The van der Waals surface area contributed by atoms with E-state index >= 15 is 0 Å². The largest absolute Gasteiger partial charge is 0.416 e. The molecule has 2 aliphatic carbocycles. The van der Waals surface area contributed by atoms with E-state index in [1.165, 1.54) is 31.4 Å². The van der Waals surface area contributed by atoms with Gasteiger partial charge in [-0.3, -0.25) is 4.98 Å². The summed E-state index contributed by atoms with van der Waals surface area (Å²) in [6.07, 6.45) is -0.0836. The summed E-state index contributed by atoms with van der Waals surface area (Å²) in [7, 11) is -2.10. The van der Waals surface area contributed by atoms with Crippen molar-refractivity contribution in [2.75, 3.05) is 0 Å². The second-order valence-corrected chi connectivity index (χ2v) is 18.7. The van der Waals surface area contributed by atoms with Gasteiger partial charge in [0.05, 0.1) is 17.4 Å². The highest BCUT2D eigenvalue weighted by Gasteiger charge is 2.49. The van der Waals surface area contributed by atoms with Gasteiger partial charge in [-0.15, -0.1) is 0 Å². The molecule has 0 saturated heterocycles. The summed E-state index contributed by atoms with van der Waals surface area (Å²) < 4.78 is 47.4. The summed E-state index contributed by atoms with van der Waals surface area (Å²) in [5.74, 6) is 0.0527. The molecule has 1 spiro atoms. The Bertz CT molecular complexity index is 1150. The number of hydrogen-bond acceptors (Lipinski definition) is 3. The van der Waals surface area contributed by atoms with Crippen LogP contribution in [0.25, 0.3) is 0 Å². The van der Waals surface area contributed by atoms with Crippen LogP contribution in [-0.4, -0.2) is 18.4 Å². The van der Waals surface area contributed by atoms with Crippen molar-refractivity contribution in [2.24, 2.45) is 5.41 Å². The van der Waals surface area contributed by atoms with Gasteiger partial charge in [0.25, 0.3) is 0 Å². The Morgan fingerprint density at radius 1 is 1.11 bits per heavy atom. The summed E-state index contributed by atoms with van der Waals surface area (Å²) in [6, 6.07) is 4.83. The summed E-state index contributed by atoms with van der Waals surface area (Å²) in [5.41, 5.74) is 3.61. The Balaban J connectivity index is 1.84. The van der Waals surface area contributed by atoms with Gasteiger partial charge < -0.3 is 9.53 Å². The van der Waals surface area contributed by atoms with Crippen LogP contribution < -0.4 is 0 Å². The fourth-order valence-corrected chi connectivity index (χ4v) is 7.94. The second-order valence-electron chi connectivity index (χ2n) is 12.9. The molecule has 8 heteroatoms. The van der Waals surface area contributed by atoms with Crippen LogP contribution in [0.15, 0.2) is 24.3 Å². The van der Waals surface area contributed by atoms with Gasteiger partial charge in [0.2, 0.25) is 0 Å². The Morgan fingerprint density at radius 3 is 2.16 bits per heavy atom. The minimum atomic E-state index is -4.42. The first-order valence-corrected chi connectivity index (χ1v) is 17.2. The van der Waals surface area contributed by atoms with Gasteiger partial charge >= 0.3 is 6.18 Å². The zero-order valence-electron chi connectivity index (χ0n) is 22.9. The molecule has 204 valence electrons. The predicted molar refractivity (Wildman–Crippen MR) is 152 cm³/mol. The lowest BCUT2D eigenvalue weighted by atomic mass is 9.59. The molecule has 4 rings (SSSR count). The molecule has 0 radical (unpaired) electrons. The SMILES string of the molecule is CC(C)c1nc2c(c(I)c1C(O)c1ccc(C(F)(F)F)cc1)[C@@H](O[Si](C)(C)C(C)(C)C)CC1(CCC1)C2. The molecule has 1 fully saturated rings. The molecule has 0 bridgehead atoms. The van der Waals surface area contributed by atoms with E-state index in [9.17, 15) is 18.3 Å². The first-order chi connectivity index (χ1) is 17.0. The topological polar surface area (TPSA) is 42.4 Å². The van der Waals surface area contributed by atoms with Gasteiger partial charge in [0.15, 0.2) is 8.32 Å². The first kappa shape index (κ1) is 29.0. The van der Waals surface area contributed by atoms with Crippen LogP contribution >= 0.6 is 22.6 Å². The van der Waals surface area contributed by atoms with Crippen LogP contribution in [0.1, 0.15) is 112 Å². The molecular formula is C29H39F3INO2Si. The van der Waals surface area contributed by atoms with Crippen molar-refractivity contribution in [2.45, 2.75) is 109 Å². The zero-order chi connectivity index (χ0) is 27.6. The van der Waals surface area contributed by atoms with E-state index < -0.39 is 26.2 Å². The third kappa shape index (κ3) is 5.54. The standard InChI is InChI=1S/C29H39F3INO2Si/c1-17(2)25-23(26(35)18-9-11-19(12-10-18)29(30,31)32)24(33)22-20(34-25)15-28(13-8-14-28)16-21(22)36-37(6,7)27(3,4)5/h9-12,17,21,26,35H,8,13-16H2,1-7H3/t21-,26?/m0/s1. The van der Waals surface area contributed by atoms with Crippen molar-refractivity contribution in [1.29, 1.82) is 0 Å². The Kier molecular flexibility index (Phi) is 7.76. The smallest absolute Gasteiger partial charge is 0.410 e. The van der Waals surface area contributed by atoms with Crippen molar-refractivity contribution in [3.8, 4) is 0 Å². The highest BCUT2D eigenvalue weighted by atomic mass is 127. The minimum Gasteiger partial charge on any atom is -0.410 e. The van der Waals surface area contributed by atoms with Crippen LogP contribution in [0, 0.1) is 8.99 Å². The lowest BCUT2D eigenvalue weighted by Gasteiger charge is -2.50. The Labute approximate surface area is 233 Å². The van der Waals surface area contributed by atoms with E-state index in [2.05, 4.69) is 70.3 Å². The Hall–Kier alpha value is -0.973. The summed E-state index contributed by atoms with van der Waals surface area (Å²) >= 11 is 2.33. The van der Waals surface area contributed by atoms with Gasteiger partial charge in [-0.25, -0.2) is 0 Å². The summed E-state index contributed by atoms with van der Waals surface area (Å²) in [4.78, 5) is 5.19. The number of halogens is 4.